The van der Waals surface area contributed by atoms with Gasteiger partial charge in [-0.25, -0.2) is 13.4 Å². The average Bonchev–Trinajstić information content (AvgIpc) is 2.43. The first-order valence-corrected chi connectivity index (χ1v) is 8.30. The lowest BCUT2D eigenvalue weighted by atomic mass is 10.1. The summed E-state index contributed by atoms with van der Waals surface area (Å²) in [5, 5.41) is 9.05. The number of hydrogen-bond acceptors (Lipinski definition) is 5. The van der Waals surface area contributed by atoms with Crippen LogP contribution in [0, 0.1) is 5.92 Å². The second-order valence-electron chi connectivity index (χ2n) is 5.38. The summed E-state index contributed by atoms with van der Waals surface area (Å²) in [6.07, 6.45) is -3.67. The van der Waals surface area contributed by atoms with Crippen LogP contribution in [0.5, 0.6) is 5.88 Å². The van der Waals surface area contributed by atoms with Crippen LogP contribution in [0.25, 0.3) is 0 Å². The predicted molar refractivity (Wildman–Crippen MR) is 77.0 cm³/mol. The fourth-order valence-corrected chi connectivity index (χ4v) is 2.84. The van der Waals surface area contributed by atoms with E-state index in [0.717, 1.165) is 18.3 Å². The highest BCUT2D eigenvalue weighted by atomic mass is 32.2. The Labute approximate surface area is 136 Å². The maximum atomic E-state index is 12.1. The minimum absolute atomic E-state index is 0.0648. The molecule has 0 fully saturated rings. The zero-order valence-corrected chi connectivity index (χ0v) is 13.7. The Hall–Kier alpha value is -1.88. The quantitative estimate of drug-likeness (QED) is 0.723. The number of aliphatic carboxylic acids is 1. The first-order chi connectivity index (χ1) is 10.9. The molecule has 0 bridgehead atoms. The molecule has 0 aromatic carbocycles. The molecule has 0 radical (unpaired) electrons. The number of hydrogen-bond donors (Lipinski definition) is 2. The SMILES string of the molecule is CC(C)C[C@H](NS(=O)(=O)c1ccc(OCC(F)(F)F)nc1)C(=O)O. The largest absolute Gasteiger partial charge is 0.480 e. The highest BCUT2D eigenvalue weighted by Crippen LogP contribution is 2.18. The number of nitrogens with zero attached hydrogens (tertiary/aromatic N) is 1. The smallest absolute Gasteiger partial charge is 0.422 e. The predicted octanol–water partition coefficient (Wildman–Crippen LogP) is 1.80. The molecule has 0 saturated heterocycles. The van der Waals surface area contributed by atoms with Gasteiger partial charge in [0, 0.05) is 6.07 Å². The zero-order chi connectivity index (χ0) is 18.5. The van der Waals surface area contributed by atoms with Gasteiger partial charge in [-0.2, -0.15) is 17.9 Å². The Morgan fingerprint density at radius 3 is 2.42 bits per heavy atom. The fraction of sp³-hybridized carbons (Fsp3) is 0.538. The third-order valence-corrected chi connectivity index (χ3v) is 4.16. The van der Waals surface area contributed by atoms with Gasteiger partial charge in [-0.1, -0.05) is 13.8 Å². The number of rotatable bonds is 8. The summed E-state index contributed by atoms with van der Waals surface area (Å²) in [7, 11) is -4.18. The van der Waals surface area contributed by atoms with Crippen LogP contribution in [-0.4, -0.2) is 43.3 Å². The van der Waals surface area contributed by atoms with Gasteiger partial charge < -0.3 is 9.84 Å². The molecule has 1 rings (SSSR count). The van der Waals surface area contributed by atoms with Crippen molar-refractivity contribution in [1.82, 2.24) is 9.71 Å². The lowest BCUT2D eigenvalue weighted by Gasteiger charge is -2.16. The third kappa shape index (κ3) is 6.71. The van der Waals surface area contributed by atoms with Crippen molar-refractivity contribution in [3.8, 4) is 5.88 Å². The van der Waals surface area contributed by atoms with Crippen molar-refractivity contribution in [3.05, 3.63) is 18.3 Å². The van der Waals surface area contributed by atoms with E-state index in [1.165, 1.54) is 0 Å². The van der Waals surface area contributed by atoms with Crippen molar-refractivity contribution in [2.24, 2.45) is 5.92 Å². The molecule has 24 heavy (non-hydrogen) atoms. The summed E-state index contributed by atoms with van der Waals surface area (Å²) >= 11 is 0. The summed E-state index contributed by atoms with van der Waals surface area (Å²) in [4.78, 5) is 14.2. The van der Waals surface area contributed by atoms with E-state index < -0.39 is 40.7 Å². The fourth-order valence-electron chi connectivity index (χ4n) is 1.69. The van der Waals surface area contributed by atoms with Gasteiger partial charge >= 0.3 is 12.1 Å². The molecule has 1 heterocycles. The topological polar surface area (TPSA) is 106 Å². The second-order valence-corrected chi connectivity index (χ2v) is 7.09. The van der Waals surface area contributed by atoms with Crippen LogP contribution in [0.3, 0.4) is 0 Å². The van der Waals surface area contributed by atoms with Gasteiger partial charge in [0.25, 0.3) is 0 Å². The molecule has 1 atom stereocenters. The number of aromatic nitrogens is 1. The van der Waals surface area contributed by atoms with E-state index in [1.807, 2.05) is 4.72 Å². The van der Waals surface area contributed by atoms with E-state index in [9.17, 15) is 26.4 Å². The second kappa shape index (κ2) is 7.79. The number of pyridine rings is 1. The number of carboxylic acid groups (broad SMARTS) is 1. The molecule has 0 unspecified atom stereocenters. The Morgan fingerprint density at radius 2 is 2.00 bits per heavy atom. The van der Waals surface area contributed by atoms with Crippen molar-refractivity contribution >= 4 is 16.0 Å². The Kier molecular flexibility index (Phi) is 6.55. The molecule has 2 N–H and O–H groups in total. The van der Waals surface area contributed by atoms with Gasteiger partial charge in [0.05, 0.1) is 6.20 Å². The van der Waals surface area contributed by atoms with Crippen LogP contribution in [-0.2, 0) is 14.8 Å². The van der Waals surface area contributed by atoms with E-state index in [-0.39, 0.29) is 17.2 Å². The van der Waals surface area contributed by atoms with Crippen LogP contribution >= 0.6 is 0 Å². The van der Waals surface area contributed by atoms with Gasteiger partial charge in [0.15, 0.2) is 6.61 Å². The molecule has 1 aromatic rings. The number of alkyl halides is 3. The van der Waals surface area contributed by atoms with Crippen LogP contribution in [0.4, 0.5) is 13.2 Å². The Bertz CT molecular complexity index is 659. The van der Waals surface area contributed by atoms with Crippen molar-refractivity contribution in [2.45, 2.75) is 37.4 Å². The third-order valence-electron chi connectivity index (χ3n) is 2.71. The highest BCUT2D eigenvalue weighted by Gasteiger charge is 2.29. The minimum atomic E-state index is -4.54. The van der Waals surface area contributed by atoms with E-state index in [0.29, 0.717) is 0 Å². The van der Waals surface area contributed by atoms with Gasteiger partial charge in [0.1, 0.15) is 10.9 Å². The minimum Gasteiger partial charge on any atom is -0.480 e. The molecule has 7 nitrogen and oxygen atoms in total. The summed E-state index contributed by atoms with van der Waals surface area (Å²) in [5.41, 5.74) is 0. The highest BCUT2D eigenvalue weighted by molar-refractivity contribution is 7.89. The molecule has 11 heteroatoms. The number of halogens is 3. The molecule has 0 amide bonds. The maximum Gasteiger partial charge on any atom is 0.422 e. The van der Waals surface area contributed by atoms with Crippen LogP contribution in [0.2, 0.25) is 0 Å². The summed E-state index contributed by atoms with van der Waals surface area (Å²) in [6.45, 7) is 1.91. The normalized spacial score (nSPS) is 13.8. The van der Waals surface area contributed by atoms with Crippen molar-refractivity contribution < 1.29 is 36.2 Å². The molecule has 0 aliphatic carbocycles. The van der Waals surface area contributed by atoms with Crippen LogP contribution in [0.15, 0.2) is 23.2 Å². The van der Waals surface area contributed by atoms with Crippen molar-refractivity contribution in [1.29, 1.82) is 0 Å². The number of carbonyl (C=O) groups is 1. The monoisotopic (exact) mass is 370 g/mol. The first-order valence-electron chi connectivity index (χ1n) is 6.81. The Morgan fingerprint density at radius 1 is 1.38 bits per heavy atom. The van der Waals surface area contributed by atoms with Gasteiger partial charge in [-0.3, -0.25) is 4.79 Å². The summed E-state index contributed by atoms with van der Waals surface area (Å²) in [6, 6.07) is 0.615. The number of nitrogens with one attached hydrogen (secondary N) is 1. The van der Waals surface area contributed by atoms with Gasteiger partial charge in [-0.05, 0) is 18.4 Å². The first kappa shape index (κ1) is 20.2. The maximum absolute atomic E-state index is 12.1. The Balaban J connectivity index is 2.85. The van der Waals surface area contributed by atoms with E-state index in [1.54, 1.807) is 13.8 Å². The van der Waals surface area contributed by atoms with Gasteiger partial charge in [-0.15, -0.1) is 0 Å². The molecule has 0 aliphatic heterocycles. The molecule has 0 spiro atoms. The molecular formula is C13H17F3N2O5S. The number of sulfonamides is 1. The summed E-state index contributed by atoms with van der Waals surface area (Å²) in [5.74, 6) is -1.79. The van der Waals surface area contributed by atoms with Crippen LogP contribution < -0.4 is 9.46 Å². The lowest BCUT2D eigenvalue weighted by molar-refractivity contribution is -0.154. The molecule has 0 saturated carbocycles. The van der Waals surface area contributed by atoms with Crippen molar-refractivity contribution in [3.63, 3.8) is 0 Å². The molecule has 136 valence electrons. The number of carboxylic acids is 1. The average molecular weight is 370 g/mol. The lowest BCUT2D eigenvalue weighted by Crippen LogP contribution is -2.41. The van der Waals surface area contributed by atoms with Gasteiger partial charge in [0.2, 0.25) is 15.9 Å². The van der Waals surface area contributed by atoms with E-state index >= 15 is 0 Å². The summed E-state index contributed by atoms with van der Waals surface area (Å²) < 4.78 is 66.7. The molecule has 0 aliphatic rings. The molecule has 1 aromatic heterocycles. The van der Waals surface area contributed by atoms with Crippen molar-refractivity contribution in [2.75, 3.05) is 6.61 Å². The molecular weight excluding hydrogens is 353 g/mol. The van der Waals surface area contributed by atoms with E-state index in [2.05, 4.69) is 9.72 Å². The van der Waals surface area contributed by atoms with E-state index in [4.69, 9.17) is 5.11 Å². The zero-order valence-electron chi connectivity index (χ0n) is 12.9. The standard InChI is InChI=1S/C13H17F3N2O5S/c1-8(2)5-10(12(19)20)18-24(21,22)9-3-4-11(17-6-9)23-7-13(14,15)16/h3-4,6,8,10,18H,5,7H2,1-2H3,(H,19,20)/t10-/m0/s1. The van der Waals surface area contributed by atoms with Crippen LogP contribution in [0.1, 0.15) is 20.3 Å². The number of ether oxygens (including phenoxy) is 1.